The Labute approximate surface area is 192 Å². The Morgan fingerprint density at radius 2 is 1.54 bits per heavy atom. The molecule has 0 amide bonds. The first kappa shape index (κ1) is 18.9. The molecule has 3 aromatic carbocycles. The zero-order valence-electron chi connectivity index (χ0n) is 14.0. The summed E-state index contributed by atoms with van der Waals surface area (Å²) in [6.07, 6.45) is 0. The monoisotopic (exact) mass is 372 g/mol. The minimum atomic E-state index is -1.30. The van der Waals surface area contributed by atoms with Crippen molar-refractivity contribution in [1.82, 2.24) is 0 Å². The molecular formula is C20H13KO5. The van der Waals surface area contributed by atoms with Gasteiger partial charge in [0.15, 0.2) is 11.5 Å². The number of para-hydroxylation sites is 1. The van der Waals surface area contributed by atoms with Crippen LogP contribution >= 0.6 is 0 Å². The fourth-order valence-corrected chi connectivity index (χ4v) is 3.29. The number of benzene rings is 3. The molecule has 6 heteroatoms. The summed E-state index contributed by atoms with van der Waals surface area (Å²) >= 11 is 0. The summed E-state index contributed by atoms with van der Waals surface area (Å²) < 4.78 is 5.83. The van der Waals surface area contributed by atoms with E-state index in [2.05, 4.69) is 0 Å². The van der Waals surface area contributed by atoms with Crippen LogP contribution in [0.2, 0.25) is 0 Å². The van der Waals surface area contributed by atoms with Crippen molar-refractivity contribution in [3.05, 3.63) is 82.9 Å². The standard InChI is InChI=1S/C20H14O5.K/c21-14-9-10-16-18(19(14)22)17(13-7-3-4-8-15(13)25-16)11-5-1-2-6-12(11)20(23)24;/h1-10,17,21-22H,(H,23,24);/q;+1/p-1. The van der Waals surface area contributed by atoms with Gasteiger partial charge >= 0.3 is 51.4 Å². The number of carboxylic acids is 1. The van der Waals surface area contributed by atoms with Crippen molar-refractivity contribution in [3.8, 4) is 23.0 Å². The zero-order chi connectivity index (χ0) is 17.6. The molecule has 0 saturated carbocycles. The second kappa shape index (κ2) is 7.42. The average Bonchev–Trinajstić information content (AvgIpc) is 2.63. The van der Waals surface area contributed by atoms with Crippen molar-refractivity contribution in [2.24, 2.45) is 0 Å². The molecule has 0 radical (unpaired) electrons. The number of phenols is 2. The van der Waals surface area contributed by atoms with E-state index in [1.807, 2.05) is 12.1 Å². The fourth-order valence-electron chi connectivity index (χ4n) is 3.29. The van der Waals surface area contributed by atoms with Gasteiger partial charge in [-0.2, -0.15) is 0 Å². The first-order valence-corrected chi connectivity index (χ1v) is 7.70. The maximum absolute atomic E-state index is 11.6. The topological polar surface area (TPSA) is 89.8 Å². The molecule has 5 nitrogen and oxygen atoms in total. The van der Waals surface area contributed by atoms with Crippen LogP contribution < -0.4 is 61.2 Å². The molecule has 0 aliphatic carbocycles. The largest absolute Gasteiger partial charge is 1.00 e. The van der Waals surface area contributed by atoms with Gasteiger partial charge in [0.25, 0.3) is 0 Å². The second-order valence-electron chi connectivity index (χ2n) is 5.79. The van der Waals surface area contributed by atoms with Gasteiger partial charge in [0.2, 0.25) is 0 Å². The number of fused-ring (bicyclic) bond motifs is 2. The van der Waals surface area contributed by atoms with Crippen molar-refractivity contribution in [1.29, 1.82) is 0 Å². The minimum Gasteiger partial charge on any atom is -0.545 e. The van der Waals surface area contributed by atoms with Gasteiger partial charge in [-0.3, -0.25) is 0 Å². The van der Waals surface area contributed by atoms with E-state index in [1.165, 1.54) is 12.1 Å². The smallest absolute Gasteiger partial charge is 0.545 e. The van der Waals surface area contributed by atoms with Crippen LogP contribution in [0.5, 0.6) is 23.0 Å². The molecule has 1 atom stereocenters. The summed E-state index contributed by atoms with van der Waals surface area (Å²) in [5, 5.41) is 32.0. The molecule has 3 aromatic rings. The molecule has 0 fully saturated rings. The zero-order valence-corrected chi connectivity index (χ0v) is 17.1. The van der Waals surface area contributed by atoms with Crippen LogP contribution in [-0.4, -0.2) is 16.2 Å². The average molecular weight is 372 g/mol. The van der Waals surface area contributed by atoms with Crippen LogP contribution in [0.25, 0.3) is 0 Å². The molecule has 0 aromatic heterocycles. The molecule has 0 bridgehead atoms. The molecule has 124 valence electrons. The van der Waals surface area contributed by atoms with Crippen molar-refractivity contribution < 1.29 is 76.2 Å². The third-order valence-corrected chi connectivity index (χ3v) is 4.39. The first-order valence-electron chi connectivity index (χ1n) is 7.70. The molecular weight excluding hydrogens is 359 g/mol. The molecule has 1 aliphatic heterocycles. The molecule has 0 spiro atoms. The van der Waals surface area contributed by atoms with E-state index in [9.17, 15) is 20.1 Å². The number of aromatic hydroxyl groups is 2. The quantitative estimate of drug-likeness (QED) is 0.374. The molecule has 2 N–H and O–H groups in total. The van der Waals surface area contributed by atoms with E-state index >= 15 is 0 Å². The Hall–Kier alpha value is -1.83. The molecule has 0 saturated heterocycles. The van der Waals surface area contributed by atoms with Gasteiger partial charge in [-0.05, 0) is 23.8 Å². The minimum absolute atomic E-state index is 0. The Morgan fingerprint density at radius 3 is 2.27 bits per heavy atom. The van der Waals surface area contributed by atoms with E-state index in [0.29, 0.717) is 28.2 Å². The van der Waals surface area contributed by atoms with Crippen LogP contribution in [0.1, 0.15) is 33.0 Å². The normalized spacial score (nSPS) is 14.4. The van der Waals surface area contributed by atoms with E-state index in [1.54, 1.807) is 36.4 Å². The Balaban J connectivity index is 0.00000196. The maximum Gasteiger partial charge on any atom is 1.00 e. The number of phenolic OH excluding ortho intramolecular Hbond substituents is 2. The SMILES string of the molecule is O=C([O-])c1ccccc1C1c2ccccc2Oc2ccc(O)c(O)c21.[K+]. The Bertz CT molecular complexity index is 999. The van der Waals surface area contributed by atoms with Crippen molar-refractivity contribution >= 4 is 5.97 Å². The van der Waals surface area contributed by atoms with E-state index in [0.717, 1.165) is 0 Å². The molecule has 1 unspecified atom stereocenters. The molecule has 1 heterocycles. The summed E-state index contributed by atoms with van der Waals surface area (Å²) in [7, 11) is 0. The summed E-state index contributed by atoms with van der Waals surface area (Å²) in [6.45, 7) is 0. The number of hydrogen-bond donors (Lipinski definition) is 2. The third-order valence-electron chi connectivity index (χ3n) is 4.39. The van der Waals surface area contributed by atoms with E-state index in [4.69, 9.17) is 4.74 Å². The molecule has 1 aliphatic rings. The molecule has 4 rings (SSSR count). The van der Waals surface area contributed by atoms with Crippen LogP contribution in [0, 0.1) is 0 Å². The van der Waals surface area contributed by atoms with Crippen LogP contribution in [-0.2, 0) is 0 Å². The number of carbonyl (C=O) groups excluding carboxylic acids is 1. The van der Waals surface area contributed by atoms with Gasteiger partial charge in [0.1, 0.15) is 11.5 Å². The van der Waals surface area contributed by atoms with E-state index < -0.39 is 11.9 Å². The van der Waals surface area contributed by atoms with Crippen LogP contribution in [0.3, 0.4) is 0 Å². The van der Waals surface area contributed by atoms with Crippen LogP contribution in [0.15, 0.2) is 60.7 Å². The van der Waals surface area contributed by atoms with Gasteiger partial charge in [-0.15, -0.1) is 0 Å². The predicted octanol–water partition coefficient (Wildman–Crippen LogP) is -0.249. The number of carboxylic acid groups (broad SMARTS) is 1. The van der Waals surface area contributed by atoms with Gasteiger partial charge in [0, 0.05) is 17.0 Å². The number of rotatable bonds is 2. The fraction of sp³-hybridized carbons (Fsp3) is 0.0500. The number of carbonyl (C=O) groups is 1. The maximum atomic E-state index is 11.6. The summed E-state index contributed by atoms with van der Waals surface area (Å²) in [5.74, 6) is -1.60. The number of hydrogen-bond acceptors (Lipinski definition) is 5. The van der Waals surface area contributed by atoms with Gasteiger partial charge in [-0.1, -0.05) is 42.5 Å². The van der Waals surface area contributed by atoms with Crippen molar-refractivity contribution in [2.45, 2.75) is 5.92 Å². The Morgan fingerprint density at radius 1 is 0.885 bits per heavy atom. The summed E-state index contributed by atoms with van der Waals surface area (Å²) in [4.78, 5) is 11.6. The first-order chi connectivity index (χ1) is 12.1. The number of aromatic carboxylic acids is 1. The van der Waals surface area contributed by atoms with Crippen LogP contribution in [0.4, 0.5) is 0 Å². The van der Waals surface area contributed by atoms with Gasteiger partial charge in [-0.25, -0.2) is 0 Å². The van der Waals surface area contributed by atoms with Crippen molar-refractivity contribution in [3.63, 3.8) is 0 Å². The van der Waals surface area contributed by atoms with E-state index in [-0.39, 0.29) is 68.4 Å². The Kier molecular flexibility index (Phi) is 5.41. The summed E-state index contributed by atoms with van der Waals surface area (Å²) in [5.41, 5.74) is 1.51. The third kappa shape index (κ3) is 3.04. The second-order valence-corrected chi connectivity index (χ2v) is 5.79. The predicted molar refractivity (Wildman–Crippen MR) is 88.0 cm³/mol. The number of ether oxygens (including phenoxy) is 1. The van der Waals surface area contributed by atoms with Crippen molar-refractivity contribution in [2.75, 3.05) is 0 Å². The van der Waals surface area contributed by atoms with Gasteiger partial charge < -0.3 is 24.9 Å². The van der Waals surface area contributed by atoms with Gasteiger partial charge in [0.05, 0.1) is 11.5 Å². The summed E-state index contributed by atoms with van der Waals surface area (Å²) in [6, 6.07) is 16.6. The molecule has 26 heavy (non-hydrogen) atoms.